The smallest absolute Gasteiger partial charge is 0.0725 e. The van der Waals surface area contributed by atoms with Crippen LogP contribution >= 0.6 is 0 Å². The van der Waals surface area contributed by atoms with E-state index in [9.17, 15) is 0 Å². The molecule has 2 nitrogen and oxygen atoms in total. The largest absolute Gasteiger partial charge is 0.310 e. The summed E-state index contributed by atoms with van der Waals surface area (Å²) in [7, 11) is 0. The molecule has 0 aromatic heterocycles. The van der Waals surface area contributed by atoms with E-state index in [4.69, 9.17) is 0 Å². The minimum Gasteiger partial charge on any atom is -0.310 e. The van der Waals surface area contributed by atoms with Crippen molar-refractivity contribution in [3.63, 3.8) is 0 Å². The molecule has 0 N–H and O–H groups in total. The molecule has 11 aromatic carbocycles. The summed E-state index contributed by atoms with van der Waals surface area (Å²) in [5.41, 5.74) is 23.7. The summed E-state index contributed by atoms with van der Waals surface area (Å²) in [5.74, 6) is 0. The van der Waals surface area contributed by atoms with Crippen LogP contribution in [0.5, 0.6) is 0 Å². The van der Waals surface area contributed by atoms with Crippen molar-refractivity contribution < 1.29 is 0 Å². The molecule has 0 heterocycles. The third-order valence-electron chi connectivity index (χ3n) is 14.2. The first kappa shape index (κ1) is 40.3. The van der Waals surface area contributed by atoms with Gasteiger partial charge in [-0.15, -0.1) is 0 Å². The van der Waals surface area contributed by atoms with Gasteiger partial charge in [0.15, 0.2) is 0 Å². The molecular weight excluding hydrogens is 833 g/mol. The van der Waals surface area contributed by atoms with Gasteiger partial charge in [-0.3, -0.25) is 0 Å². The number of anilines is 6. The van der Waals surface area contributed by atoms with E-state index in [-0.39, 0.29) is 0 Å². The Balaban J connectivity index is 1.04. The van der Waals surface area contributed by atoms with E-state index in [1.807, 2.05) is 0 Å². The Labute approximate surface area is 404 Å². The Bertz CT molecular complexity index is 3580. The highest BCUT2D eigenvalue weighted by molar-refractivity contribution is 6.04. The van der Waals surface area contributed by atoms with Gasteiger partial charge in [-0.05, 0) is 157 Å². The Kier molecular flexibility index (Phi) is 9.77. The first-order valence-electron chi connectivity index (χ1n) is 23.8. The molecule has 324 valence electrons. The molecule has 0 aliphatic heterocycles. The first-order valence-corrected chi connectivity index (χ1v) is 23.8. The lowest BCUT2D eigenvalue weighted by molar-refractivity contribution is 0.794. The van der Waals surface area contributed by atoms with Gasteiger partial charge in [0.05, 0.1) is 5.41 Å². The summed E-state index contributed by atoms with van der Waals surface area (Å²) < 4.78 is 0. The molecule has 2 heteroatoms. The number of para-hydroxylation sites is 4. The molecule has 0 fully saturated rings. The molecule has 2 aliphatic carbocycles. The standard InChI is InChI=1S/C67H46N2/c1-6-22-47(23-7-1)48-42-43-62-60(46-48)66-58(50-25-19-35-56(45-50)69(53-30-12-4-13-31-53)54-32-14-5-15-33-54)38-21-41-64(66)67(62)61-39-17-16-36-59(61)65-57(37-20-40-63(65)67)49-24-18-34-55(44-49)68(51-26-8-2-9-27-51)52-28-10-3-11-29-52/h1-46H. The molecule has 0 radical (unpaired) electrons. The normalized spacial score (nSPS) is 13.9. The molecule has 69 heavy (non-hydrogen) atoms. The predicted molar refractivity (Wildman–Crippen MR) is 288 cm³/mol. The zero-order valence-corrected chi connectivity index (χ0v) is 38.0. The van der Waals surface area contributed by atoms with E-state index < -0.39 is 5.41 Å². The lowest BCUT2D eigenvalue weighted by atomic mass is 9.70. The number of hydrogen-bond acceptors (Lipinski definition) is 2. The molecule has 0 saturated carbocycles. The van der Waals surface area contributed by atoms with Gasteiger partial charge in [-0.2, -0.15) is 0 Å². The molecule has 13 rings (SSSR count). The summed E-state index contributed by atoms with van der Waals surface area (Å²) in [4.78, 5) is 4.71. The SMILES string of the molecule is c1ccc(-c2ccc3c(c2)-c2c(-c4cccc(N(c5ccccc5)c5ccccc5)c4)cccc2C32c3ccccc3-c3c(-c4cccc(N(c5ccccc5)c5ccccc5)c4)cccc32)cc1. The summed E-state index contributed by atoms with van der Waals surface area (Å²) in [6, 6.07) is 102. The molecule has 1 spiro atoms. The number of hydrogen-bond donors (Lipinski definition) is 0. The van der Waals surface area contributed by atoms with Crippen LogP contribution in [0.4, 0.5) is 34.1 Å². The number of fused-ring (bicyclic) bond motifs is 10. The fourth-order valence-corrected chi connectivity index (χ4v) is 11.4. The minimum absolute atomic E-state index is 0.562. The summed E-state index contributed by atoms with van der Waals surface area (Å²) in [5, 5.41) is 0. The van der Waals surface area contributed by atoms with Gasteiger partial charge in [0, 0.05) is 34.1 Å². The highest BCUT2D eigenvalue weighted by atomic mass is 15.1. The Morgan fingerprint density at radius 1 is 0.203 bits per heavy atom. The van der Waals surface area contributed by atoms with Crippen LogP contribution in [0.2, 0.25) is 0 Å². The van der Waals surface area contributed by atoms with E-state index in [1.54, 1.807) is 0 Å². The highest BCUT2D eigenvalue weighted by Gasteiger charge is 2.52. The predicted octanol–water partition coefficient (Wildman–Crippen LogP) is 18.0. The van der Waals surface area contributed by atoms with Gasteiger partial charge in [0.1, 0.15) is 0 Å². The number of nitrogens with zero attached hydrogens (tertiary/aromatic N) is 2. The second-order valence-corrected chi connectivity index (χ2v) is 18.0. The lowest BCUT2D eigenvalue weighted by Gasteiger charge is -2.31. The molecule has 1 unspecified atom stereocenters. The van der Waals surface area contributed by atoms with E-state index >= 15 is 0 Å². The van der Waals surface area contributed by atoms with Crippen LogP contribution in [0.25, 0.3) is 55.6 Å². The lowest BCUT2D eigenvalue weighted by Crippen LogP contribution is -2.25. The van der Waals surface area contributed by atoms with Crippen LogP contribution in [0.15, 0.2) is 279 Å². The third kappa shape index (κ3) is 6.56. The average molecular weight is 879 g/mol. The second kappa shape index (κ2) is 16.7. The van der Waals surface area contributed by atoms with Crippen molar-refractivity contribution in [2.24, 2.45) is 0 Å². The van der Waals surface area contributed by atoms with Gasteiger partial charge < -0.3 is 9.80 Å². The quantitative estimate of drug-likeness (QED) is 0.143. The van der Waals surface area contributed by atoms with Crippen molar-refractivity contribution in [3.05, 3.63) is 301 Å². The van der Waals surface area contributed by atoms with Gasteiger partial charge >= 0.3 is 0 Å². The fraction of sp³-hybridized carbons (Fsp3) is 0.0149. The van der Waals surface area contributed by atoms with Crippen LogP contribution in [0, 0.1) is 0 Å². The van der Waals surface area contributed by atoms with Gasteiger partial charge in [-0.25, -0.2) is 0 Å². The van der Waals surface area contributed by atoms with Crippen molar-refractivity contribution in [1.82, 2.24) is 0 Å². The Morgan fingerprint density at radius 2 is 0.551 bits per heavy atom. The van der Waals surface area contributed by atoms with E-state index in [2.05, 4.69) is 289 Å². The van der Waals surface area contributed by atoms with Crippen molar-refractivity contribution in [3.8, 4) is 55.6 Å². The fourth-order valence-electron chi connectivity index (χ4n) is 11.4. The van der Waals surface area contributed by atoms with Crippen molar-refractivity contribution in [2.75, 3.05) is 9.80 Å². The maximum Gasteiger partial charge on any atom is 0.0725 e. The molecule has 0 saturated heterocycles. The summed E-state index contributed by atoms with van der Waals surface area (Å²) in [6.45, 7) is 0. The van der Waals surface area contributed by atoms with Crippen molar-refractivity contribution >= 4 is 34.1 Å². The van der Waals surface area contributed by atoms with Crippen LogP contribution < -0.4 is 9.80 Å². The van der Waals surface area contributed by atoms with Crippen molar-refractivity contribution in [2.45, 2.75) is 5.41 Å². The van der Waals surface area contributed by atoms with Crippen LogP contribution in [-0.2, 0) is 5.41 Å². The molecule has 0 amide bonds. The maximum atomic E-state index is 2.46. The summed E-state index contributed by atoms with van der Waals surface area (Å²) in [6.07, 6.45) is 0. The topological polar surface area (TPSA) is 6.48 Å². The van der Waals surface area contributed by atoms with E-state index in [1.165, 1.54) is 77.9 Å². The zero-order chi connectivity index (χ0) is 45.7. The van der Waals surface area contributed by atoms with E-state index in [0.29, 0.717) is 0 Å². The maximum absolute atomic E-state index is 2.46. The number of rotatable bonds is 9. The number of benzene rings is 11. The molecular formula is C67H46N2. The van der Waals surface area contributed by atoms with Gasteiger partial charge in [0.25, 0.3) is 0 Å². The minimum atomic E-state index is -0.562. The third-order valence-corrected chi connectivity index (χ3v) is 14.2. The Morgan fingerprint density at radius 3 is 1.04 bits per heavy atom. The highest BCUT2D eigenvalue weighted by Crippen LogP contribution is 2.65. The first-order chi connectivity index (χ1) is 34.3. The second-order valence-electron chi connectivity index (χ2n) is 18.0. The molecule has 0 bridgehead atoms. The van der Waals surface area contributed by atoms with Crippen LogP contribution in [0.3, 0.4) is 0 Å². The Hall–Kier alpha value is -8.98. The summed E-state index contributed by atoms with van der Waals surface area (Å²) >= 11 is 0. The zero-order valence-electron chi connectivity index (χ0n) is 38.0. The van der Waals surface area contributed by atoms with Crippen LogP contribution in [0.1, 0.15) is 22.3 Å². The average Bonchev–Trinajstić information content (AvgIpc) is 3.90. The van der Waals surface area contributed by atoms with E-state index in [0.717, 1.165) is 34.1 Å². The molecule has 11 aromatic rings. The van der Waals surface area contributed by atoms with Crippen LogP contribution in [-0.4, -0.2) is 0 Å². The molecule has 2 aliphatic rings. The monoisotopic (exact) mass is 878 g/mol. The molecule has 1 atom stereocenters. The van der Waals surface area contributed by atoms with Gasteiger partial charge in [-0.1, -0.05) is 200 Å². The van der Waals surface area contributed by atoms with Crippen molar-refractivity contribution in [1.29, 1.82) is 0 Å². The van der Waals surface area contributed by atoms with Gasteiger partial charge in [0.2, 0.25) is 0 Å².